The van der Waals surface area contributed by atoms with Crippen LogP contribution < -0.4 is 9.64 Å². The van der Waals surface area contributed by atoms with Gasteiger partial charge in [0.05, 0.1) is 25.3 Å². The number of hydrogen-bond donors (Lipinski definition) is 2. The normalized spacial score (nSPS) is 13.8. The van der Waals surface area contributed by atoms with Crippen LogP contribution in [0.5, 0.6) is 5.75 Å². The van der Waals surface area contributed by atoms with Gasteiger partial charge in [-0.25, -0.2) is 9.18 Å². The number of rotatable bonds is 6. The van der Waals surface area contributed by atoms with Crippen molar-refractivity contribution in [2.75, 3.05) is 18.0 Å². The summed E-state index contributed by atoms with van der Waals surface area (Å²) in [6, 6.07) is 18.3. The van der Waals surface area contributed by atoms with Crippen LogP contribution in [-0.2, 0) is 6.61 Å². The van der Waals surface area contributed by atoms with Crippen molar-refractivity contribution in [3.8, 4) is 16.9 Å². The molecular weight excluding hydrogens is 373 g/mol. The van der Waals surface area contributed by atoms with Crippen molar-refractivity contribution in [1.82, 2.24) is 0 Å². The van der Waals surface area contributed by atoms with Gasteiger partial charge < -0.3 is 19.8 Å². The van der Waals surface area contributed by atoms with Gasteiger partial charge in [-0.05, 0) is 47.5 Å². The number of carbonyl (C=O) groups is 1. The predicted molar refractivity (Wildman–Crippen MR) is 108 cm³/mol. The predicted octanol–water partition coefficient (Wildman–Crippen LogP) is 3.95. The molecule has 0 radical (unpaired) electrons. The van der Waals surface area contributed by atoms with E-state index < -0.39 is 11.8 Å². The average Bonchev–Trinajstić information content (AvgIpc) is 2.70. The Hall–Kier alpha value is -3.38. The quantitative estimate of drug-likeness (QED) is 0.664. The second kappa shape index (κ2) is 7.93. The molecule has 0 bridgehead atoms. The second-order valence-corrected chi connectivity index (χ2v) is 6.96. The highest BCUT2D eigenvalue weighted by Crippen LogP contribution is 2.37. The van der Waals surface area contributed by atoms with E-state index in [4.69, 9.17) is 9.84 Å². The van der Waals surface area contributed by atoms with Gasteiger partial charge in [0.2, 0.25) is 0 Å². The molecule has 1 aliphatic heterocycles. The minimum atomic E-state index is -1.05. The lowest BCUT2D eigenvalue weighted by molar-refractivity contribution is 0.0697. The molecular formula is C23H20FNO4. The maximum atomic E-state index is 13.8. The first kappa shape index (κ1) is 19.0. The van der Waals surface area contributed by atoms with Crippen LogP contribution in [0.2, 0.25) is 0 Å². The fourth-order valence-corrected chi connectivity index (χ4v) is 3.50. The Labute approximate surface area is 167 Å². The topological polar surface area (TPSA) is 70.0 Å². The van der Waals surface area contributed by atoms with E-state index in [0.29, 0.717) is 24.2 Å². The highest BCUT2D eigenvalue weighted by atomic mass is 19.1. The molecule has 4 rings (SSSR count). The number of anilines is 1. The lowest BCUT2D eigenvalue weighted by atomic mass is 9.95. The largest absolute Gasteiger partial charge is 0.487 e. The summed E-state index contributed by atoms with van der Waals surface area (Å²) >= 11 is 0. The number of ether oxygens (including phenoxy) is 1. The SMILES string of the molecule is O=C(O)c1cccc(N2CC(Oc3ccc(CO)cc3)C2)c1-c1cccc(F)c1. The van der Waals surface area contributed by atoms with Crippen molar-refractivity contribution >= 4 is 11.7 Å². The Morgan fingerprint density at radius 3 is 2.45 bits per heavy atom. The summed E-state index contributed by atoms with van der Waals surface area (Å²) in [6.07, 6.45) is -0.0381. The third kappa shape index (κ3) is 3.93. The molecule has 3 aromatic carbocycles. The molecule has 1 heterocycles. The molecule has 0 unspecified atom stereocenters. The fourth-order valence-electron chi connectivity index (χ4n) is 3.50. The van der Waals surface area contributed by atoms with Crippen LogP contribution >= 0.6 is 0 Å². The lowest BCUT2D eigenvalue weighted by Crippen LogP contribution is -2.54. The van der Waals surface area contributed by atoms with Crippen LogP contribution in [0.4, 0.5) is 10.1 Å². The summed E-state index contributed by atoms with van der Waals surface area (Å²) in [5.41, 5.74) is 2.73. The van der Waals surface area contributed by atoms with Crippen molar-refractivity contribution in [3.63, 3.8) is 0 Å². The number of carboxylic acid groups (broad SMARTS) is 1. The van der Waals surface area contributed by atoms with Crippen molar-refractivity contribution in [1.29, 1.82) is 0 Å². The van der Waals surface area contributed by atoms with E-state index in [-0.39, 0.29) is 18.3 Å². The lowest BCUT2D eigenvalue weighted by Gasteiger charge is -2.41. The molecule has 0 aromatic heterocycles. The Bertz CT molecular complexity index is 1030. The first-order chi connectivity index (χ1) is 14.0. The van der Waals surface area contributed by atoms with Crippen molar-refractivity contribution in [3.05, 3.63) is 83.7 Å². The maximum Gasteiger partial charge on any atom is 0.336 e. The third-order valence-corrected chi connectivity index (χ3v) is 4.98. The zero-order valence-corrected chi connectivity index (χ0v) is 15.6. The molecule has 0 amide bonds. The molecule has 0 spiro atoms. The van der Waals surface area contributed by atoms with Gasteiger partial charge >= 0.3 is 5.97 Å². The molecule has 1 fully saturated rings. The standard InChI is InChI=1S/C23H20FNO4/c24-17-4-1-3-16(11-17)22-20(23(27)28)5-2-6-21(22)25-12-19(13-25)29-18-9-7-15(14-26)8-10-18/h1-11,19,26H,12-14H2,(H,27,28). The molecule has 2 N–H and O–H groups in total. The molecule has 0 atom stereocenters. The number of benzene rings is 3. The van der Waals surface area contributed by atoms with Gasteiger partial charge in [-0.2, -0.15) is 0 Å². The smallest absolute Gasteiger partial charge is 0.336 e. The first-order valence-corrected chi connectivity index (χ1v) is 9.29. The van der Waals surface area contributed by atoms with Gasteiger partial charge in [0, 0.05) is 11.3 Å². The van der Waals surface area contributed by atoms with Crippen LogP contribution in [-0.4, -0.2) is 35.4 Å². The number of halogens is 1. The minimum absolute atomic E-state index is 0.0136. The van der Waals surface area contributed by atoms with Crippen LogP contribution in [0.15, 0.2) is 66.7 Å². The molecule has 3 aromatic rings. The van der Waals surface area contributed by atoms with Gasteiger partial charge in [0.1, 0.15) is 17.7 Å². The summed E-state index contributed by atoms with van der Waals surface area (Å²) in [6.45, 7) is 1.17. The maximum absolute atomic E-state index is 13.8. The number of aliphatic hydroxyl groups excluding tert-OH is 1. The monoisotopic (exact) mass is 393 g/mol. The molecule has 29 heavy (non-hydrogen) atoms. The second-order valence-electron chi connectivity index (χ2n) is 6.96. The van der Waals surface area contributed by atoms with Crippen LogP contribution in [0.3, 0.4) is 0 Å². The number of carboxylic acids is 1. The third-order valence-electron chi connectivity index (χ3n) is 4.98. The van der Waals surface area contributed by atoms with Gasteiger partial charge in [0.15, 0.2) is 0 Å². The van der Waals surface area contributed by atoms with Crippen molar-refractivity contribution in [2.24, 2.45) is 0 Å². The first-order valence-electron chi connectivity index (χ1n) is 9.29. The Morgan fingerprint density at radius 1 is 1.07 bits per heavy atom. The van der Waals surface area contributed by atoms with Crippen LogP contribution in [0.25, 0.3) is 11.1 Å². The minimum Gasteiger partial charge on any atom is -0.487 e. The molecule has 0 saturated carbocycles. The summed E-state index contributed by atoms with van der Waals surface area (Å²) in [5.74, 6) is -0.746. The van der Waals surface area contributed by atoms with Crippen LogP contribution in [0, 0.1) is 5.82 Å². The molecule has 5 nitrogen and oxygen atoms in total. The van der Waals surface area contributed by atoms with Gasteiger partial charge in [-0.1, -0.05) is 30.3 Å². The molecule has 0 aliphatic carbocycles. The summed E-state index contributed by atoms with van der Waals surface area (Å²) in [7, 11) is 0. The van der Waals surface area contributed by atoms with Gasteiger partial charge in [-0.15, -0.1) is 0 Å². The highest BCUT2D eigenvalue weighted by molar-refractivity contribution is 6.00. The van der Waals surface area contributed by atoms with Crippen LogP contribution in [0.1, 0.15) is 15.9 Å². The van der Waals surface area contributed by atoms with Crippen molar-refractivity contribution in [2.45, 2.75) is 12.7 Å². The van der Waals surface area contributed by atoms with E-state index in [1.165, 1.54) is 18.2 Å². The number of nitrogens with zero attached hydrogens (tertiary/aromatic N) is 1. The molecule has 1 saturated heterocycles. The van der Waals surface area contributed by atoms with E-state index in [2.05, 4.69) is 0 Å². The van der Waals surface area contributed by atoms with E-state index in [1.807, 2.05) is 35.2 Å². The van der Waals surface area contributed by atoms with E-state index in [0.717, 1.165) is 17.0 Å². The van der Waals surface area contributed by atoms with E-state index in [9.17, 15) is 14.3 Å². The number of aliphatic hydroxyl groups is 1. The Kier molecular flexibility index (Phi) is 5.18. The summed E-state index contributed by atoms with van der Waals surface area (Å²) in [4.78, 5) is 13.8. The van der Waals surface area contributed by atoms with E-state index in [1.54, 1.807) is 18.2 Å². The summed E-state index contributed by atoms with van der Waals surface area (Å²) in [5, 5.41) is 18.7. The fraction of sp³-hybridized carbons (Fsp3) is 0.174. The average molecular weight is 393 g/mol. The highest BCUT2D eigenvalue weighted by Gasteiger charge is 2.31. The zero-order chi connectivity index (χ0) is 20.4. The summed E-state index contributed by atoms with van der Waals surface area (Å²) < 4.78 is 19.7. The number of aromatic carboxylic acids is 1. The Balaban J connectivity index is 1.56. The molecule has 6 heteroatoms. The molecule has 148 valence electrons. The zero-order valence-electron chi connectivity index (χ0n) is 15.6. The van der Waals surface area contributed by atoms with Crippen molar-refractivity contribution < 1.29 is 24.1 Å². The number of hydrogen-bond acceptors (Lipinski definition) is 4. The molecule has 1 aliphatic rings. The Morgan fingerprint density at radius 2 is 1.79 bits per heavy atom. The van der Waals surface area contributed by atoms with Gasteiger partial charge in [-0.3, -0.25) is 0 Å². The van der Waals surface area contributed by atoms with E-state index >= 15 is 0 Å². The van der Waals surface area contributed by atoms with Gasteiger partial charge in [0.25, 0.3) is 0 Å².